The highest BCUT2D eigenvalue weighted by atomic mass is 16.3. The minimum Gasteiger partial charge on any atom is -0.381 e. The predicted octanol–water partition coefficient (Wildman–Crippen LogP) is 1.18. The molecule has 3 nitrogen and oxygen atoms in total. The van der Waals surface area contributed by atoms with Crippen molar-refractivity contribution in [2.45, 2.75) is 12.5 Å². The largest absolute Gasteiger partial charge is 0.381 e. The van der Waals surface area contributed by atoms with E-state index in [1.165, 1.54) is 0 Å². The lowest BCUT2D eigenvalue weighted by atomic mass is 9.94. The fraction of sp³-hybridized carbons (Fsp3) is 0.417. The van der Waals surface area contributed by atoms with Crippen LogP contribution in [0.15, 0.2) is 30.3 Å². The predicted molar refractivity (Wildman–Crippen MR) is 60.0 cm³/mol. The van der Waals surface area contributed by atoms with E-state index in [0.717, 1.165) is 0 Å². The van der Waals surface area contributed by atoms with Crippen LogP contribution in [0.25, 0.3) is 0 Å². The molecule has 1 N–H and O–H groups in total. The Balaban J connectivity index is 2.85. The number of aliphatic hydroxyl groups is 1. The Morgan fingerprint density at radius 3 is 2.33 bits per heavy atom. The number of likely N-dealkylation sites (N-methyl/N-ethyl adjacent to an activating group) is 1. The minimum atomic E-state index is -1.33. The van der Waals surface area contributed by atoms with Gasteiger partial charge in [-0.05, 0) is 21.0 Å². The third-order valence-electron chi connectivity index (χ3n) is 2.15. The molecule has 0 aliphatic heterocycles. The van der Waals surface area contributed by atoms with E-state index < -0.39 is 5.60 Å². The number of hydrogen-bond donors (Lipinski definition) is 1. The highest BCUT2D eigenvalue weighted by Crippen LogP contribution is 2.13. The first-order valence-electron chi connectivity index (χ1n) is 4.90. The third kappa shape index (κ3) is 3.15. The van der Waals surface area contributed by atoms with Crippen LogP contribution in [0.5, 0.6) is 0 Å². The van der Waals surface area contributed by atoms with Crippen LogP contribution in [-0.2, 0) is 0 Å². The van der Waals surface area contributed by atoms with Gasteiger partial charge in [0.15, 0.2) is 5.78 Å². The average molecular weight is 207 g/mol. The molecule has 1 atom stereocenters. The van der Waals surface area contributed by atoms with Gasteiger partial charge in [-0.2, -0.15) is 0 Å². The van der Waals surface area contributed by atoms with E-state index in [0.29, 0.717) is 12.1 Å². The maximum Gasteiger partial charge on any atom is 0.195 e. The molecule has 0 amide bonds. The second kappa shape index (κ2) is 4.55. The summed E-state index contributed by atoms with van der Waals surface area (Å²) in [5.74, 6) is -0.239. The lowest BCUT2D eigenvalue weighted by Crippen LogP contribution is -2.44. The van der Waals surface area contributed by atoms with E-state index in [9.17, 15) is 9.90 Å². The minimum absolute atomic E-state index is 0.239. The Hall–Kier alpha value is -1.19. The van der Waals surface area contributed by atoms with Crippen LogP contribution in [0, 0.1) is 0 Å². The lowest BCUT2D eigenvalue weighted by molar-refractivity contribution is 0.0285. The van der Waals surface area contributed by atoms with Crippen LogP contribution >= 0.6 is 0 Å². The van der Waals surface area contributed by atoms with Crippen molar-refractivity contribution in [3.63, 3.8) is 0 Å². The summed E-state index contributed by atoms with van der Waals surface area (Å²) in [5.41, 5.74) is -0.783. The van der Waals surface area contributed by atoms with Crippen molar-refractivity contribution in [3.8, 4) is 0 Å². The summed E-state index contributed by atoms with van der Waals surface area (Å²) in [7, 11) is 3.65. The molecule has 1 rings (SSSR count). The number of Topliss-reactive ketones (excluding diaryl/α,β-unsaturated/α-hetero) is 1. The first-order chi connectivity index (χ1) is 6.93. The van der Waals surface area contributed by atoms with Crippen molar-refractivity contribution in [1.29, 1.82) is 0 Å². The first kappa shape index (κ1) is 11.9. The SMILES string of the molecule is CN(C)CC(C)(O)C(=O)c1ccccc1. The van der Waals surface area contributed by atoms with Crippen LogP contribution in [-0.4, -0.2) is 42.0 Å². The number of benzene rings is 1. The van der Waals surface area contributed by atoms with E-state index in [4.69, 9.17) is 0 Å². The molecule has 1 aromatic carbocycles. The molecule has 0 spiro atoms. The van der Waals surface area contributed by atoms with Gasteiger partial charge in [0.05, 0.1) is 0 Å². The van der Waals surface area contributed by atoms with Gasteiger partial charge in [-0.15, -0.1) is 0 Å². The maximum atomic E-state index is 11.9. The Kier molecular flexibility index (Phi) is 3.61. The Labute approximate surface area is 90.3 Å². The molecule has 0 saturated carbocycles. The number of carbonyl (C=O) groups is 1. The van der Waals surface area contributed by atoms with Gasteiger partial charge < -0.3 is 10.0 Å². The monoisotopic (exact) mass is 207 g/mol. The number of hydrogen-bond acceptors (Lipinski definition) is 3. The Morgan fingerprint density at radius 2 is 1.87 bits per heavy atom. The molecule has 3 heteroatoms. The third-order valence-corrected chi connectivity index (χ3v) is 2.15. The van der Waals surface area contributed by atoms with Crippen LogP contribution in [0.4, 0.5) is 0 Å². The summed E-state index contributed by atoms with van der Waals surface area (Å²) >= 11 is 0. The second-order valence-electron chi connectivity index (χ2n) is 4.21. The highest BCUT2D eigenvalue weighted by molar-refractivity contribution is 6.02. The van der Waals surface area contributed by atoms with Crippen molar-refractivity contribution in [2.75, 3.05) is 20.6 Å². The quantitative estimate of drug-likeness (QED) is 0.754. The van der Waals surface area contributed by atoms with E-state index >= 15 is 0 Å². The fourth-order valence-electron chi connectivity index (χ4n) is 1.59. The molecule has 0 aliphatic rings. The molecule has 0 bridgehead atoms. The number of carbonyl (C=O) groups excluding carboxylic acids is 1. The van der Waals surface area contributed by atoms with Gasteiger partial charge in [-0.1, -0.05) is 30.3 Å². The summed E-state index contributed by atoms with van der Waals surface area (Å²) in [4.78, 5) is 13.7. The van der Waals surface area contributed by atoms with Gasteiger partial charge in [0, 0.05) is 12.1 Å². The van der Waals surface area contributed by atoms with Crippen molar-refractivity contribution >= 4 is 5.78 Å². The molecule has 1 unspecified atom stereocenters. The fourth-order valence-corrected chi connectivity index (χ4v) is 1.59. The van der Waals surface area contributed by atoms with Crippen molar-refractivity contribution in [2.24, 2.45) is 0 Å². The van der Waals surface area contributed by atoms with Crippen LogP contribution < -0.4 is 0 Å². The van der Waals surface area contributed by atoms with Crippen molar-refractivity contribution in [3.05, 3.63) is 35.9 Å². The maximum absolute atomic E-state index is 11.9. The summed E-state index contributed by atoms with van der Waals surface area (Å²) < 4.78 is 0. The number of rotatable bonds is 4. The molecule has 82 valence electrons. The van der Waals surface area contributed by atoms with Crippen molar-refractivity contribution < 1.29 is 9.90 Å². The van der Waals surface area contributed by atoms with E-state index in [2.05, 4.69) is 0 Å². The zero-order valence-corrected chi connectivity index (χ0v) is 9.40. The summed E-state index contributed by atoms with van der Waals surface area (Å²) in [6.07, 6.45) is 0. The molecule has 0 saturated heterocycles. The highest BCUT2D eigenvalue weighted by Gasteiger charge is 2.31. The molecule has 1 aromatic rings. The molecule has 0 fully saturated rings. The van der Waals surface area contributed by atoms with E-state index in [-0.39, 0.29) is 5.78 Å². The lowest BCUT2D eigenvalue weighted by Gasteiger charge is -2.25. The van der Waals surface area contributed by atoms with Crippen molar-refractivity contribution in [1.82, 2.24) is 4.90 Å². The summed E-state index contributed by atoms with van der Waals surface area (Å²) in [5, 5.41) is 10.0. The standard InChI is InChI=1S/C12H17NO2/c1-12(15,9-13(2)3)11(14)10-7-5-4-6-8-10/h4-8,15H,9H2,1-3H3. The molecule has 0 aromatic heterocycles. The Bertz CT molecular complexity index is 331. The molecule has 0 heterocycles. The zero-order chi connectivity index (χ0) is 11.5. The average Bonchev–Trinajstić information content (AvgIpc) is 2.16. The molecule has 0 radical (unpaired) electrons. The van der Waals surface area contributed by atoms with Gasteiger partial charge in [0.25, 0.3) is 0 Å². The topological polar surface area (TPSA) is 40.5 Å². The van der Waals surface area contributed by atoms with Gasteiger partial charge in [-0.3, -0.25) is 4.79 Å². The van der Waals surface area contributed by atoms with Gasteiger partial charge in [0.1, 0.15) is 5.60 Å². The zero-order valence-electron chi connectivity index (χ0n) is 9.40. The van der Waals surface area contributed by atoms with Gasteiger partial charge in [-0.25, -0.2) is 0 Å². The van der Waals surface area contributed by atoms with Gasteiger partial charge >= 0.3 is 0 Å². The molecule has 15 heavy (non-hydrogen) atoms. The first-order valence-corrected chi connectivity index (χ1v) is 4.90. The number of ketones is 1. The molecular formula is C12H17NO2. The molecular weight excluding hydrogens is 190 g/mol. The summed E-state index contributed by atoms with van der Waals surface area (Å²) in [6, 6.07) is 8.86. The van der Waals surface area contributed by atoms with Crippen LogP contribution in [0.3, 0.4) is 0 Å². The van der Waals surface area contributed by atoms with E-state index in [1.807, 2.05) is 20.2 Å². The van der Waals surface area contributed by atoms with Crippen LogP contribution in [0.2, 0.25) is 0 Å². The van der Waals surface area contributed by atoms with Gasteiger partial charge in [0.2, 0.25) is 0 Å². The number of nitrogens with zero attached hydrogens (tertiary/aromatic N) is 1. The smallest absolute Gasteiger partial charge is 0.195 e. The molecule has 0 aliphatic carbocycles. The van der Waals surface area contributed by atoms with E-state index in [1.54, 1.807) is 36.1 Å². The normalized spacial score (nSPS) is 15.0. The van der Waals surface area contributed by atoms with Crippen LogP contribution in [0.1, 0.15) is 17.3 Å². The second-order valence-corrected chi connectivity index (χ2v) is 4.21. The summed E-state index contributed by atoms with van der Waals surface area (Å²) in [6.45, 7) is 1.86. The Morgan fingerprint density at radius 1 is 1.33 bits per heavy atom.